The van der Waals surface area contributed by atoms with E-state index < -0.39 is 5.54 Å². The number of rotatable bonds is 7. The smallest absolute Gasteiger partial charge is 0.271 e. The Kier molecular flexibility index (Phi) is 7.53. The quantitative estimate of drug-likeness (QED) is 0.552. The highest BCUT2D eigenvalue weighted by atomic mass is 16.5. The predicted octanol–water partition coefficient (Wildman–Crippen LogP) is 4.68. The average molecular weight is 509 g/mol. The summed E-state index contributed by atoms with van der Waals surface area (Å²) in [7, 11) is 1.65. The lowest BCUT2D eigenvalue weighted by atomic mass is 9.86. The van der Waals surface area contributed by atoms with Gasteiger partial charge in [-0.25, -0.2) is 0 Å². The van der Waals surface area contributed by atoms with Crippen LogP contribution in [0.15, 0.2) is 24.3 Å². The fraction of sp³-hybridized carbons (Fsp3) is 0.667. The Balaban J connectivity index is 1.36. The minimum absolute atomic E-state index is 0.0257. The van der Waals surface area contributed by atoms with E-state index in [0.717, 1.165) is 80.2 Å². The van der Waals surface area contributed by atoms with Crippen LogP contribution in [0.1, 0.15) is 76.2 Å². The largest absolute Gasteiger partial charge is 0.497 e. The van der Waals surface area contributed by atoms with E-state index in [4.69, 9.17) is 4.74 Å². The third kappa shape index (κ3) is 5.12. The lowest BCUT2D eigenvalue weighted by molar-refractivity contribution is -0.134. The van der Waals surface area contributed by atoms with Gasteiger partial charge in [-0.1, -0.05) is 33.1 Å². The van der Waals surface area contributed by atoms with Gasteiger partial charge in [-0.15, -0.1) is 0 Å². The molecule has 0 radical (unpaired) electrons. The summed E-state index contributed by atoms with van der Waals surface area (Å²) >= 11 is 0. The maximum absolute atomic E-state index is 14.0. The number of likely N-dealkylation sites (tertiary alicyclic amines) is 1. The molecule has 1 aromatic heterocycles. The molecule has 2 aromatic rings. The molecular formula is C30H44N4O3. The fourth-order valence-electron chi connectivity index (χ4n) is 7.20. The van der Waals surface area contributed by atoms with Crippen LogP contribution in [-0.2, 0) is 11.3 Å². The Morgan fingerprint density at radius 1 is 1.11 bits per heavy atom. The van der Waals surface area contributed by atoms with Gasteiger partial charge in [-0.3, -0.25) is 9.59 Å². The number of carbonyl (C=O) groups is 2. The van der Waals surface area contributed by atoms with E-state index in [1.54, 1.807) is 7.11 Å². The van der Waals surface area contributed by atoms with Gasteiger partial charge in [0, 0.05) is 37.1 Å². The normalized spacial score (nSPS) is 27.4. The molecule has 1 aromatic carbocycles. The van der Waals surface area contributed by atoms with Gasteiger partial charge in [0.05, 0.1) is 19.2 Å². The topological polar surface area (TPSA) is 66.8 Å². The summed E-state index contributed by atoms with van der Waals surface area (Å²) in [4.78, 5) is 32.4. The van der Waals surface area contributed by atoms with E-state index in [2.05, 4.69) is 24.1 Å². The minimum atomic E-state index is -0.935. The molecule has 3 atom stereocenters. The van der Waals surface area contributed by atoms with Crippen LogP contribution in [0.4, 0.5) is 0 Å². The summed E-state index contributed by atoms with van der Waals surface area (Å²) in [5.74, 6) is 2.16. The van der Waals surface area contributed by atoms with E-state index >= 15 is 0 Å². The van der Waals surface area contributed by atoms with E-state index in [-0.39, 0.29) is 17.9 Å². The molecule has 5 rings (SSSR count). The molecule has 2 fully saturated rings. The van der Waals surface area contributed by atoms with Crippen molar-refractivity contribution in [3.63, 3.8) is 0 Å². The molecular weight excluding hydrogens is 464 g/mol. The van der Waals surface area contributed by atoms with Gasteiger partial charge >= 0.3 is 0 Å². The van der Waals surface area contributed by atoms with Crippen molar-refractivity contribution in [3.05, 3.63) is 30.0 Å². The number of piperidine rings is 1. The van der Waals surface area contributed by atoms with Crippen molar-refractivity contribution in [1.29, 1.82) is 0 Å². The van der Waals surface area contributed by atoms with Crippen LogP contribution in [0.25, 0.3) is 10.9 Å². The van der Waals surface area contributed by atoms with Crippen molar-refractivity contribution in [2.24, 2.45) is 11.8 Å². The number of nitrogens with zero attached hydrogens (tertiary/aromatic N) is 3. The highest BCUT2D eigenvalue weighted by Crippen LogP contribution is 2.38. The second kappa shape index (κ2) is 10.7. The van der Waals surface area contributed by atoms with Crippen LogP contribution in [0.3, 0.4) is 0 Å². The Hall–Kier alpha value is -2.54. The van der Waals surface area contributed by atoms with Gasteiger partial charge in [-0.2, -0.15) is 0 Å². The van der Waals surface area contributed by atoms with Gasteiger partial charge in [0.2, 0.25) is 5.91 Å². The number of amides is 2. The zero-order valence-corrected chi connectivity index (χ0v) is 23.1. The fourth-order valence-corrected chi connectivity index (χ4v) is 7.20. The number of carbonyl (C=O) groups excluding carboxylic acids is 2. The van der Waals surface area contributed by atoms with Crippen molar-refractivity contribution in [2.45, 2.75) is 83.8 Å². The molecule has 0 unspecified atom stereocenters. The first-order valence-electron chi connectivity index (χ1n) is 14.3. The molecule has 1 N–H and O–H groups in total. The van der Waals surface area contributed by atoms with Crippen LogP contribution >= 0.6 is 0 Å². The maximum atomic E-state index is 14.0. The summed E-state index contributed by atoms with van der Waals surface area (Å²) in [6.45, 7) is 11.0. The van der Waals surface area contributed by atoms with E-state index in [1.165, 1.54) is 12.8 Å². The molecule has 1 saturated heterocycles. The number of fused-ring (bicyclic) bond motifs is 3. The average Bonchev–Trinajstić information content (AvgIpc) is 3.24. The molecule has 1 aliphatic carbocycles. The second-order valence-electron chi connectivity index (χ2n) is 12.1. The van der Waals surface area contributed by atoms with Crippen molar-refractivity contribution in [2.75, 3.05) is 33.3 Å². The number of nitrogens with one attached hydrogen (secondary N) is 1. The van der Waals surface area contributed by atoms with E-state index in [9.17, 15) is 9.59 Å². The first-order valence-corrected chi connectivity index (χ1v) is 14.3. The van der Waals surface area contributed by atoms with Crippen LogP contribution in [0.5, 0.6) is 5.75 Å². The molecule has 37 heavy (non-hydrogen) atoms. The van der Waals surface area contributed by atoms with Crippen molar-refractivity contribution < 1.29 is 14.3 Å². The Morgan fingerprint density at radius 2 is 1.84 bits per heavy atom. The third-order valence-electron chi connectivity index (χ3n) is 8.86. The second-order valence-corrected chi connectivity index (χ2v) is 12.1. The van der Waals surface area contributed by atoms with Crippen molar-refractivity contribution in [1.82, 2.24) is 19.7 Å². The Morgan fingerprint density at radius 3 is 2.54 bits per heavy atom. The molecule has 0 bridgehead atoms. The molecule has 3 aliphatic rings. The molecule has 3 heterocycles. The SMILES string of the molecule is COc1ccc2cc3n(c2c1)C[C@](C)(C(=O)NCCCN1C[C@H](C)C[C@@H](C)C1)N(C1CCCCC1)C3=O. The summed E-state index contributed by atoms with van der Waals surface area (Å²) in [6, 6.07) is 7.98. The lowest BCUT2D eigenvalue weighted by Crippen LogP contribution is -2.66. The molecule has 7 heteroatoms. The molecule has 7 nitrogen and oxygen atoms in total. The summed E-state index contributed by atoms with van der Waals surface area (Å²) in [5, 5.41) is 4.24. The maximum Gasteiger partial charge on any atom is 0.271 e. The summed E-state index contributed by atoms with van der Waals surface area (Å²) < 4.78 is 7.50. The summed E-state index contributed by atoms with van der Waals surface area (Å²) in [5.41, 5.74) is 0.681. The van der Waals surface area contributed by atoms with E-state index in [0.29, 0.717) is 18.8 Å². The highest BCUT2D eigenvalue weighted by Gasteiger charge is 2.50. The predicted molar refractivity (Wildman–Crippen MR) is 147 cm³/mol. The van der Waals surface area contributed by atoms with Crippen LogP contribution in [-0.4, -0.2) is 71.1 Å². The molecule has 202 valence electrons. The monoisotopic (exact) mass is 508 g/mol. The van der Waals surface area contributed by atoms with Gasteiger partial charge in [0.25, 0.3) is 5.91 Å². The Bertz CT molecular complexity index is 1130. The number of benzene rings is 1. The number of aromatic nitrogens is 1. The third-order valence-corrected chi connectivity index (χ3v) is 8.86. The molecule has 0 spiro atoms. The van der Waals surface area contributed by atoms with Gasteiger partial charge < -0.3 is 24.4 Å². The van der Waals surface area contributed by atoms with Crippen LogP contribution in [0, 0.1) is 11.8 Å². The zero-order valence-electron chi connectivity index (χ0n) is 23.1. The summed E-state index contributed by atoms with van der Waals surface area (Å²) in [6.07, 6.45) is 7.58. The lowest BCUT2D eigenvalue weighted by Gasteiger charge is -2.49. The van der Waals surface area contributed by atoms with Gasteiger partial charge in [-0.05, 0) is 69.2 Å². The first kappa shape index (κ1) is 26.1. The number of hydrogen-bond acceptors (Lipinski definition) is 4. The van der Waals surface area contributed by atoms with Gasteiger partial charge in [0.1, 0.15) is 17.0 Å². The molecule has 2 aliphatic heterocycles. The first-order chi connectivity index (χ1) is 17.8. The Labute approximate surface area is 221 Å². The van der Waals surface area contributed by atoms with Crippen molar-refractivity contribution >= 4 is 22.7 Å². The van der Waals surface area contributed by atoms with Crippen LogP contribution < -0.4 is 10.1 Å². The minimum Gasteiger partial charge on any atom is -0.497 e. The zero-order chi connectivity index (χ0) is 26.2. The standard InChI is InChI=1S/C30H44N4O3/c1-21-15-22(2)19-32(18-21)14-8-13-31-29(36)30(3)20-33-26-17-25(37-4)12-11-23(26)16-27(33)28(35)34(30)24-9-6-5-7-10-24/h11-12,16-17,21-22,24H,5-10,13-15,18-20H2,1-4H3,(H,31,36)/t21-,22-,30-/m1/s1. The number of ether oxygens (including phenoxy) is 1. The number of methoxy groups -OCH3 is 1. The number of hydrogen-bond donors (Lipinski definition) is 1. The van der Waals surface area contributed by atoms with Gasteiger partial charge in [0.15, 0.2) is 0 Å². The highest BCUT2D eigenvalue weighted by molar-refractivity contribution is 6.04. The van der Waals surface area contributed by atoms with Crippen molar-refractivity contribution in [3.8, 4) is 5.75 Å². The van der Waals surface area contributed by atoms with E-state index in [1.807, 2.05) is 40.7 Å². The molecule has 2 amide bonds. The molecule has 1 saturated carbocycles. The van der Waals surface area contributed by atoms with Crippen LogP contribution in [0.2, 0.25) is 0 Å².